The molecule has 0 spiro atoms. The zero-order chi connectivity index (χ0) is 24.1. The van der Waals surface area contributed by atoms with Crippen LogP contribution in [0.1, 0.15) is 23.2 Å². The number of ether oxygens (including phenoxy) is 1. The van der Waals surface area contributed by atoms with Crippen molar-refractivity contribution >= 4 is 17.5 Å². The molecule has 34 heavy (non-hydrogen) atoms. The van der Waals surface area contributed by atoms with Crippen LogP contribution in [0.3, 0.4) is 0 Å². The Morgan fingerprint density at radius 3 is 2.62 bits per heavy atom. The Morgan fingerprint density at radius 1 is 1.09 bits per heavy atom. The molecule has 0 aliphatic heterocycles. The highest BCUT2D eigenvalue weighted by atomic mass is 35.5. The van der Waals surface area contributed by atoms with E-state index in [0.29, 0.717) is 23.6 Å². The Balaban J connectivity index is 1.51. The summed E-state index contributed by atoms with van der Waals surface area (Å²) in [6, 6.07) is 21.4. The second-order valence-corrected chi connectivity index (χ2v) is 8.43. The maximum Gasteiger partial charge on any atom is 0.220 e. The quantitative estimate of drug-likeness (QED) is 0.344. The summed E-state index contributed by atoms with van der Waals surface area (Å²) < 4.78 is 20.9. The molecule has 0 unspecified atom stereocenters. The number of aromatic nitrogens is 2. The maximum absolute atomic E-state index is 13.9. The van der Waals surface area contributed by atoms with Crippen LogP contribution in [0.5, 0.6) is 5.75 Å². The molecular formula is C27H25ClFN3O2. The van der Waals surface area contributed by atoms with Crippen molar-refractivity contribution in [1.29, 1.82) is 0 Å². The number of nitrogens with zero attached hydrogens (tertiary/aromatic N) is 2. The van der Waals surface area contributed by atoms with Gasteiger partial charge in [-0.3, -0.25) is 4.79 Å². The van der Waals surface area contributed by atoms with Gasteiger partial charge < -0.3 is 10.1 Å². The minimum Gasteiger partial charge on any atom is -0.497 e. The molecule has 0 radical (unpaired) electrons. The summed E-state index contributed by atoms with van der Waals surface area (Å²) >= 11 is 6.06. The number of carbonyl (C=O) groups is 1. The Labute approximate surface area is 203 Å². The van der Waals surface area contributed by atoms with Crippen LogP contribution in [0.2, 0.25) is 5.02 Å². The van der Waals surface area contributed by atoms with Gasteiger partial charge in [-0.15, -0.1) is 0 Å². The standard InChI is InChI=1S/C27H25ClFN3O2/c1-18-6-7-21(28)14-20(18)17-30-27(33)13-8-23-16-26(19-4-3-5-22(29)15-19)32(31-23)24-9-11-25(34-2)12-10-24/h3-7,9-12,14-16H,8,13,17H2,1-2H3,(H,30,33). The van der Waals surface area contributed by atoms with Crippen molar-refractivity contribution in [3.63, 3.8) is 0 Å². The highest BCUT2D eigenvalue weighted by Crippen LogP contribution is 2.26. The fraction of sp³-hybridized carbons (Fsp3) is 0.185. The van der Waals surface area contributed by atoms with Crippen LogP contribution in [0.4, 0.5) is 4.39 Å². The maximum atomic E-state index is 13.9. The monoisotopic (exact) mass is 477 g/mol. The lowest BCUT2D eigenvalue weighted by atomic mass is 10.1. The third-order valence-corrected chi connectivity index (χ3v) is 5.83. The number of methoxy groups -OCH3 is 1. The molecule has 1 heterocycles. The molecule has 0 saturated carbocycles. The Morgan fingerprint density at radius 2 is 1.88 bits per heavy atom. The molecular weight excluding hydrogens is 453 g/mol. The molecule has 5 nitrogen and oxygen atoms in total. The number of aryl methyl sites for hydroxylation is 2. The molecule has 174 valence electrons. The van der Waals surface area contributed by atoms with E-state index in [9.17, 15) is 9.18 Å². The molecule has 0 saturated heterocycles. The van der Waals surface area contributed by atoms with Crippen LogP contribution >= 0.6 is 11.6 Å². The molecule has 0 bridgehead atoms. The summed E-state index contributed by atoms with van der Waals surface area (Å²) in [6.07, 6.45) is 0.730. The van der Waals surface area contributed by atoms with Crippen LogP contribution in [-0.4, -0.2) is 22.8 Å². The van der Waals surface area contributed by atoms with E-state index in [1.807, 2.05) is 61.5 Å². The number of hydrogen-bond acceptors (Lipinski definition) is 3. The number of hydrogen-bond donors (Lipinski definition) is 1. The normalized spacial score (nSPS) is 10.8. The van der Waals surface area contributed by atoms with Crippen molar-refractivity contribution in [3.8, 4) is 22.7 Å². The molecule has 1 N–H and O–H groups in total. The second kappa shape index (κ2) is 10.5. The topological polar surface area (TPSA) is 56.2 Å². The highest BCUT2D eigenvalue weighted by Gasteiger charge is 2.14. The van der Waals surface area contributed by atoms with Crippen molar-refractivity contribution in [1.82, 2.24) is 15.1 Å². The molecule has 0 fully saturated rings. The molecule has 1 aromatic heterocycles. The molecule has 0 aliphatic rings. The lowest BCUT2D eigenvalue weighted by molar-refractivity contribution is -0.121. The van der Waals surface area contributed by atoms with Gasteiger partial charge in [0.25, 0.3) is 0 Å². The highest BCUT2D eigenvalue weighted by molar-refractivity contribution is 6.30. The van der Waals surface area contributed by atoms with Gasteiger partial charge in [0.15, 0.2) is 0 Å². The first-order valence-electron chi connectivity index (χ1n) is 10.9. The van der Waals surface area contributed by atoms with E-state index in [4.69, 9.17) is 21.4 Å². The van der Waals surface area contributed by atoms with Crippen molar-refractivity contribution in [2.24, 2.45) is 0 Å². The SMILES string of the molecule is COc1ccc(-n2nc(CCC(=O)NCc3cc(Cl)ccc3C)cc2-c2cccc(F)c2)cc1. The summed E-state index contributed by atoms with van der Waals surface area (Å²) in [5, 5.41) is 8.30. The molecule has 4 rings (SSSR count). The lowest BCUT2D eigenvalue weighted by Crippen LogP contribution is -2.23. The summed E-state index contributed by atoms with van der Waals surface area (Å²) in [6.45, 7) is 2.40. The van der Waals surface area contributed by atoms with E-state index in [2.05, 4.69) is 5.32 Å². The number of rotatable bonds is 8. The average Bonchev–Trinajstić information content (AvgIpc) is 3.28. The Bertz CT molecular complexity index is 1300. The fourth-order valence-corrected chi connectivity index (χ4v) is 3.87. The Kier molecular flexibility index (Phi) is 7.28. The van der Waals surface area contributed by atoms with Crippen molar-refractivity contribution in [2.45, 2.75) is 26.3 Å². The summed E-state index contributed by atoms with van der Waals surface area (Å²) in [5.41, 5.74) is 5.06. The predicted molar refractivity (Wildman–Crippen MR) is 132 cm³/mol. The minimum absolute atomic E-state index is 0.0781. The van der Waals surface area contributed by atoms with Crippen LogP contribution in [0.25, 0.3) is 16.9 Å². The van der Waals surface area contributed by atoms with Gasteiger partial charge in [-0.2, -0.15) is 5.10 Å². The third kappa shape index (κ3) is 5.64. The van der Waals surface area contributed by atoms with Crippen LogP contribution in [-0.2, 0) is 17.8 Å². The van der Waals surface area contributed by atoms with Gasteiger partial charge in [-0.05, 0) is 72.6 Å². The number of nitrogens with one attached hydrogen (secondary N) is 1. The van der Waals surface area contributed by atoms with Crippen LogP contribution < -0.4 is 10.1 Å². The summed E-state index contributed by atoms with van der Waals surface area (Å²) in [7, 11) is 1.61. The molecule has 0 atom stereocenters. The van der Waals surface area contributed by atoms with Gasteiger partial charge in [-0.1, -0.05) is 29.8 Å². The van der Waals surface area contributed by atoms with Crippen molar-refractivity contribution in [3.05, 3.63) is 100 Å². The molecule has 1 amide bonds. The second-order valence-electron chi connectivity index (χ2n) is 7.99. The van der Waals surface area contributed by atoms with Gasteiger partial charge in [0.05, 0.1) is 24.2 Å². The largest absolute Gasteiger partial charge is 0.497 e. The number of benzene rings is 3. The summed E-state index contributed by atoms with van der Waals surface area (Å²) in [5.74, 6) is 0.331. The van der Waals surface area contributed by atoms with Gasteiger partial charge >= 0.3 is 0 Å². The number of carbonyl (C=O) groups excluding carboxylic acids is 1. The Hall–Kier alpha value is -3.64. The zero-order valence-corrected chi connectivity index (χ0v) is 19.8. The third-order valence-electron chi connectivity index (χ3n) is 5.59. The van der Waals surface area contributed by atoms with E-state index in [1.54, 1.807) is 17.9 Å². The van der Waals surface area contributed by atoms with Crippen molar-refractivity contribution < 1.29 is 13.9 Å². The molecule has 0 aliphatic carbocycles. The first kappa shape index (κ1) is 23.5. The van der Waals surface area contributed by atoms with Gasteiger partial charge in [0.1, 0.15) is 11.6 Å². The van der Waals surface area contributed by atoms with Crippen LogP contribution in [0.15, 0.2) is 72.8 Å². The van der Waals surface area contributed by atoms with Crippen LogP contribution in [0, 0.1) is 12.7 Å². The summed E-state index contributed by atoms with van der Waals surface area (Å²) in [4.78, 5) is 12.5. The molecule has 4 aromatic rings. The van der Waals surface area contributed by atoms with Crippen molar-refractivity contribution in [2.75, 3.05) is 7.11 Å². The van der Waals surface area contributed by atoms with Gasteiger partial charge in [-0.25, -0.2) is 9.07 Å². The van der Waals surface area contributed by atoms with E-state index in [-0.39, 0.29) is 18.1 Å². The van der Waals surface area contributed by atoms with E-state index < -0.39 is 0 Å². The lowest BCUT2D eigenvalue weighted by Gasteiger charge is -2.09. The molecule has 7 heteroatoms. The fourth-order valence-electron chi connectivity index (χ4n) is 3.68. The zero-order valence-electron chi connectivity index (χ0n) is 19.0. The predicted octanol–water partition coefficient (Wildman–Crippen LogP) is 5.90. The minimum atomic E-state index is -0.322. The average molecular weight is 478 g/mol. The first-order valence-corrected chi connectivity index (χ1v) is 11.3. The van der Waals surface area contributed by atoms with Gasteiger partial charge in [0, 0.05) is 30.0 Å². The van der Waals surface area contributed by atoms with Gasteiger partial charge in [0.2, 0.25) is 5.91 Å². The molecule has 3 aromatic carbocycles. The van der Waals surface area contributed by atoms with E-state index >= 15 is 0 Å². The smallest absolute Gasteiger partial charge is 0.220 e. The van der Waals surface area contributed by atoms with E-state index in [0.717, 1.165) is 34.0 Å². The first-order chi connectivity index (χ1) is 16.4. The number of halogens is 2. The van der Waals surface area contributed by atoms with E-state index in [1.165, 1.54) is 12.1 Å². The number of amides is 1.